The molecule has 1 aromatic heterocycles. The minimum absolute atomic E-state index is 0.301. The lowest BCUT2D eigenvalue weighted by Gasteiger charge is -2.28. The molecule has 7 heteroatoms. The van der Waals surface area contributed by atoms with Crippen molar-refractivity contribution in [1.29, 1.82) is 0 Å². The van der Waals surface area contributed by atoms with Gasteiger partial charge >= 0.3 is 5.97 Å². The molecule has 3 heterocycles. The quantitative estimate of drug-likeness (QED) is 0.216. The molecule has 0 spiro atoms. The van der Waals surface area contributed by atoms with Gasteiger partial charge in [0.2, 0.25) is 0 Å². The molecule has 1 atom stereocenters. The van der Waals surface area contributed by atoms with Crippen LogP contribution in [0.5, 0.6) is 0 Å². The molecule has 0 radical (unpaired) electrons. The Kier molecular flexibility index (Phi) is 10.2. The number of aryl methyl sites for hydroxylation is 2. The van der Waals surface area contributed by atoms with E-state index in [9.17, 15) is 4.79 Å². The summed E-state index contributed by atoms with van der Waals surface area (Å²) in [7, 11) is 0. The second-order valence-electron chi connectivity index (χ2n) is 10.5. The molecule has 1 saturated heterocycles. The van der Waals surface area contributed by atoms with Gasteiger partial charge in [-0.15, -0.1) is 11.3 Å². The Labute approximate surface area is 241 Å². The first-order valence-corrected chi connectivity index (χ1v) is 15.2. The number of amidine groups is 1. The molecule has 40 heavy (non-hydrogen) atoms. The summed E-state index contributed by atoms with van der Waals surface area (Å²) in [6, 6.07) is 22.1. The molecule has 6 nitrogen and oxygen atoms in total. The average molecular weight is 558 g/mol. The number of rotatable bonds is 12. The number of nitrogens with one attached hydrogen (secondary N) is 1. The topological polar surface area (TPSA) is 63.2 Å². The zero-order valence-corrected chi connectivity index (χ0v) is 24.1. The second kappa shape index (κ2) is 14.4. The van der Waals surface area contributed by atoms with E-state index < -0.39 is 6.04 Å². The smallest absolute Gasteiger partial charge is 0.338 e. The summed E-state index contributed by atoms with van der Waals surface area (Å²) >= 11 is 1.62. The fourth-order valence-electron chi connectivity index (χ4n) is 5.19. The van der Waals surface area contributed by atoms with Crippen LogP contribution in [0.15, 0.2) is 88.4 Å². The first kappa shape index (κ1) is 28.3. The van der Waals surface area contributed by atoms with Gasteiger partial charge in [0.1, 0.15) is 11.9 Å². The molecule has 2 aliphatic rings. The number of benzene rings is 2. The highest BCUT2D eigenvalue weighted by Crippen LogP contribution is 2.33. The number of hydrogen-bond donors (Lipinski definition) is 1. The van der Waals surface area contributed by atoms with Gasteiger partial charge in [-0.05, 0) is 68.3 Å². The summed E-state index contributed by atoms with van der Waals surface area (Å²) in [6.45, 7) is 6.50. The van der Waals surface area contributed by atoms with E-state index in [1.165, 1.54) is 24.8 Å². The first-order chi connectivity index (χ1) is 19.7. The number of aliphatic imine (C=N–C) groups is 1. The highest BCUT2D eigenvalue weighted by molar-refractivity contribution is 7.12. The minimum Gasteiger partial charge on any atom is -0.462 e. The predicted octanol–water partition coefficient (Wildman–Crippen LogP) is 6.08. The van der Waals surface area contributed by atoms with Crippen LogP contribution >= 0.6 is 11.3 Å². The molecule has 0 aliphatic carbocycles. The first-order valence-electron chi connectivity index (χ1n) is 14.4. The molecule has 0 bridgehead atoms. The number of carbonyl (C=O) groups is 1. The van der Waals surface area contributed by atoms with Crippen molar-refractivity contribution in [2.75, 3.05) is 39.5 Å². The SMILES string of the molecule is Cc1ccc(C2N=C(c3cccs3)NC(COCCN3CCCCC3)=C2C(=O)OCCCc2ccccc2)cc1. The highest BCUT2D eigenvalue weighted by Gasteiger charge is 2.32. The fourth-order valence-corrected chi connectivity index (χ4v) is 5.87. The van der Waals surface area contributed by atoms with Gasteiger partial charge in [-0.3, -0.25) is 4.99 Å². The Bertz CT molecular complexity index is 1280. The normalized spacial score (nSPS) is 17.8. The van der Waals surface area contributed by atoms with Crippen LogP contribution in [0.3, 0.4) is 0 Å². The van der Waals surface area contributed by atoms with E-state index in [0.717, 1.165) is 60.0 Å². The predicted molar refractivity (Wildman–Crippen MR) is 162 cm³/mol. The van der Waals surface area contributed by atoms with Crippen LogP contribution in [-0.4, -0.2) is 56.2 Å². The monoisotopic (exact) mass is 557 g/mol. The maximum Gasteiger partial charge on any atom is 0.338 e. The molecule has 3 aromatic rings. The van der Waals surface area contributed by atoms with E-state index in [1.54, 1.807) is 11.3 Å². The standard InChI is InChI=1S/C33H39N3O3S/c1-25-14-16-27(17-15-25)31-30(33(37)39-21-8-12-26-10-4-2-5-11-26)28(34-32(35-31)29-13-9-23-40-29)24-38-22-20-36-18-6-3-7-19-36/h2,4-5,9-11,13-17,23,31H,3,6-8,12,18-22,24H2,1H3,(H,34,35). The van der Waals surface area contributed by atoms with E-state index in [2.05, 4.69) is 53.5 Å². The van der Waals surface area contributed by atoms with E-state index in [4.69, 9.17) is 14.5 Å². The third kappa shape index (κ3) is 7.68. The van der Waals surface area contributed by atoms with Crippen LogP contribution in [-0.2, 0) is 20.7 Å². The average Bonchev–Trinajstić information content (AvgIpc) is 3.54. The Balaban J connectivity index is 1.35. The number of piperidine rings is 1. The number of hydrogen-bond acceptors (Lipinski definition) is 7. The number of thiophene rings is 1. The van der Waals surface area contributed by atoms with E-state index in [1.807, 2.05) is 35.7 Å². The van der Waals surface area contributed by atoms with Gasteiger partial charge in [0, 0.05) is 6.54 Å². The van der Waals surface area contributed by atoms with E-state index in [0.29, 0.717) is 25.4 Å². The van der Waals surface area contributed by atoms with Crippen molar-refractivity contribution >= 4 is 23.1 Å². The van der Waals surface area contributed by atoms with Crippen LogP contribution in [0.2, 0.25) is 0 Å². The van der Waals surface area contributed by atoms with Gasteiger partial charge in [0.25, 0.3) is 0 Å². The molecule has 5 rings (SSSR count). The van der Waals surface area contributed by atoms with Crippen LogP contribution in [0.25, 0.3) is 0 Å². The number of likely N-dealkylation sites (tertiary alicyclic amines) is 1. The Hall–Kier alpha value is -3.26. The van der Waals surface area contributed by atoms with E-state index in [-0.39, 0.29) is 5.97 Å². The summed E-state index contributed by atoms with van der Waals surface area (Å²) in [4.78, 5) is 22.2. The third-order valence-corrected chi connectivity index (χ3v) is 8.30. The van der Waals surface area contributed by atoms with Crippen LogP contribution in [0.1, 0.15) is 53.3 Å². The van der Waals surface area contributed by atoms with Gasteiger partial charge < -0.3 is 19.7 Å². The Morgan fingerprint density at radius 3 is 2.55 bits per heavy atom. The van der Waals surface area contributed by atoms with Gasteiger partial charge in [0.05, 0.1) is 36.0 Å². The lowest BCUT2D eigenvalue weighted by molar-refractivity contribution is -0.139. The zero-order valence-electron chi connectivity index (χ0n) is 23.3. The third-order valence-electron chi connectivity index (χ3n) is 7.43. The lowest BCUT2D eigenvalue weighted by atomic mass is 9.95. The molecule has 2 aliphatic heterocycles. The van der Waals surface area contributed by atoms with Crippen LogP contribution in [0, 0.1) is 6.92 Å². The van der Waals surface area contributed by atoms with E-state index >= 15 is 0 Å². The number of nitrogens with zero attached hydrogens (tertiary/aromatic N) is 2. The molecule has 2 aromatic carbocycles. The summed E-state index contributed by atoms with van der Waals surface area (Å²) in [5, 5.41) is 5.49. The fraction of sp³-hybridized carbons (Fsp3) is 0.394. The van der Waals surface area contributed by atoms with Gasteiger partial charge in [-0.2, -0.15) is 0 Å². The molecule has 1 unspecified atom stereocenters. The molecular formula is C33H39N3O3S. The Morgan fingerprint density at radius 2 is 1.80 bits per heavy atom. The summed E-state index contributed by atoms with van der Waals surface area (Å²) < 4.78 is 12.1. The summed E-state index contributed by atoms with van der Waals surface area (Å²) in [5.74, 6) is 0.422. The van der Waals surface area contributed by atoms with Crippen molar-refractivity contribution in [3.63, 3.8) is 0 Å². The van der Waals surface area contributed by atoms with Crippen LogP contribution in [0.4, 0.5) is 0 Å². The molecular weight excluding hydrogens is 518 g/mol. The van der Waals surface area contributed by atoms with Crippen molar-refractivity contribution in [3.8, 4) is 0 Å². The largest absolute Gasteiger partial charge is 0.462 e. The van der Waals surface area contributed by atoms with Gasteiger partial charge in [-0.25, -0.2) is 4.79 Å². The molecule has 210 valence electrons. The summed E-state index contributed by atoms with van der Waals surface area (Å²) in [5.41, 5.74) is 4.62. The summed E-state index contributed by atoms with van der Waals surface area (Å²) in [6.07, 6.45) is 5.45. The zero-order chi connectivity index (χ0) is 27.6. The molecule has 0 saturated carbocycles. The maximum absolute atomic E-state index is 13.7. The van der Waals surface area contributed by atoms with Gasteiger partial charge in [0.15, 0.2) is 0 Å². The number of ether oxygens (including phenoxy) is 2. The highest BCUT2D eigenvalue weighted by atomic mass is 32.1. The number of esters is 1. The molecule has 1 N–H and O–H groups in total. The minimum atomic E-state index is -0.471. The lowest BCUT2D eigenvalue weighted by Crippen LogP contribution is -2.36. The van der Waals surface area contributed by atoms with Gasteiger partial charge in [-0.1, -0.05) is 72.6 Å². The maximum atomic E-state index is 13.7. The van der Waals surface area contributed by atoms with Crippen molar-refractivity contribution in [2.24, 2.45) is 4.99 Å². The molecule has 1 fully saturated rings. The van der Waals surface area contributed by atoms with Crippen molar-refractivity contribution in [2.45, 2.75) is 45.1 Å². The van der Waals surface area contributed by atoms with Crippen molar-refractivity contribution in [3.05, 3.63) is 105 Å². The second-order valence-corrected chi connectivity index (χ2v) is 11.4. The molecule has 0 amide bonds. The Morgan fingerprint density at radius 1 is 1.00 bits per heavy atom. The van der Waals surface area contributed by atoms with Crippen LogP contribution < -0.4 is 5.32 Å². The van der Waals surface area contributed by atoms with Crippen molar-refractivity contribution < 1.29 is 14.3 Å². The number of carbonyl (C=O) groups excluding carboxylic acids is 1. The van der Waals surface area contributed by atoms with Crippen molar-refractivity contribution in [1.82, 2.24) is 10.2 Å².